The molecule has 0 N–H and O–H groups in total. The molecule has 0 saturated carbocycles. The maximum absolute atomic E-state index is 12.2. The SMILES string of the molecule is CC(=O)OC[C@H]1O[C@@H](Oc2cc(-c3ccc(C)cc3)n(-c3ccccc3)n2)[C@H](OC(C)=O)[C@@H](OC(C)=O)[C@@H]1OC(C)=O. The van der Waals surface area contributed by atoms with Crippen LogP contribution in [0.25, 0.3) is 16.9 Å². The van der Waals surface area contributed by atoms with Gasteiger partial charge in [-0.15, -0.1) is 5.10 Å². The first kappa shape index (κ1) is 30.3. The lowest BCUT2D eigenvalue weighted by atomic mass is 9.98. The number of rotatable bonds is 9. The van der Waals surface area contributed by atoms with E-state index in [0.717, 1.165) is 37.6 Å². The number of carbonyl (C=O) groups excluding carboxylic acids is 4. The molecule has 0 amide bonds. The summed E-state index contributed by atoms with van der Waals surface area (Å²) in [6.45, 7) is 6.28. The number of hydrogen-bond acceptors (Lipinski definition) is 11. The molecule has 1 aliphatic heterocycles. The van der Waals surface area contributed by atoms with Crippen LogP contribution in [0.4, 0.5) is 0 Å². The largest absolute Gasteiger partial charge is 0.463 e. The Morgan fingerprint density at radius 1 is 0.786 bits per heavy atom. The zero-order valence-corrected chi connectivity index (χ0v) is 23.8. The lowest BCUT2D eigenvalue weighted by Gasteiger charge is -2.43. The highest BCUT2D eigenvalue weighted by Gasteiger charge is 2.53. The molecule has 0 unspecified atom stereocenters. The molecule has 222 valence electrons. The second-order valence-corrected chi connectivity index (χ2v) is 9.67. The smallest absolute Gasteiger partial charge is 0.303 e. The zero-order chi connectivity index (χ0) is 30.4. The molecule has 12 nitrogen and oxygen atoms in total. The summed E-state index contributed by atoms with van der Waals surface area (Å²) in [5, 5.41) is 4.64. The highest BCUT2D eigenvalue weighted by Crippen LogP contribution is 2.33. The Morgan fingerprint density at radius 3 is 1.98 bits per heavy atom. The molecular weight excluding hydrogens is 548 g/mol. The van der Waals surface area contributed by atoms with Gasteiger partial charge < -0.3 is 28.4 Å². The van der Waals surface area contributed by atoms with Gasteiger partial charge in [-0.25, -0.2) is 4.68 Å². The Hall–Kier alpha value is -4.71. The summed E-state index contributed by atoms with van der Waals surface area (Å²) < 4.78 is 35.4. The van der Waals surface area contributed by atoms with Crippen molar-refractivity contribution < 1.29 is 47.6 Å². The molecule has 3 aromatic rings. The molecule has 4 rings (SSSR count). The minimum absolute atomic E-state index is 0.0929. The lowest BCUT2D eigenvalue weighted by Crippen LogP contribution is -2.63. The second-order valence-electron chi connectivity index (χ2n) is 9.67. The van der Waals surface area contributed by atoms with Gasteiger partial charge >= 0.3 is 23.9 Å². The molecule has 1 aliphatic rings. The molecular formula is C30H32N2O10. The first-order chi connectivity index (χ1) is 20.0. The van der Waals surface area contributed by atoms with Crippen molar-refractivity contribution in [3.63, 3.8) is 0 Å². The van der Waals surface area contributed by atoms with Crippen molar-refractivity contribution in [1.29, 1.82) is 0 Å². The number of aryl methyl sites for hydroxylation is 1. The van der Waals surface area contributed by atoms with Crippen LogP contribution in [0.3, 0.4) is 0 Å². The normalized spacial score (nSPS) is 21.6. The Balaban J connectivity index is 1.76. The molecule has 0 aliphatic carbocycles. The number of carbonyl (C=O) groups is 4. The van der Waals surface area contributed by atoms with Gasteiger partial charge in [-0.05, 0) is 19.1 Å². The third-order valence-electron chi connectivity index (χ3n) is 6.22. The average molecular weight is 581 g/mol. The van der Waals surface area contributed by atoms with Crippen LogP contribution in [-0.4, -0.2) is 71.0 Å². The van der Waals surface area contributed by atoms with Crippen molar-refractivity contribution in [1.82, 2.24) is 9.78 Å². The van der Waals surface area contributed by atoms with E-state index in [9.17, 15) is 19.2 Å². The molecule has 42 heavy (non-hydrogen) atoms. The number of esters is 4. The minimum atomic E-state index is -1.41. The van der Waals surface area contributed by atoms with Crippen LogP contribution in [0.15, 0.2) is 60.7 Å². The van der Waals surface area contributed by atoms with E-state index in [0.29, 0.717) is 5.69 Å². The molecule has 2 aromatic carbocycles. The van der Waals surface area contributed by atoms with Gasteiger partial charge in [0.15, 0.2) is 12.2 Å². The molecule has 12 heteroatoms. The topological polar surface area (TPSA) is 141 Å². The van der Waals surface area contributed by atoms with Gasteiger partial charge in [-0.3, -0.25) is 19.2 Å². The molecule has 1 saturated heterocycles. The summed E-state index contributed by atoms with van der Waals surface area (Å²) >= 11 is 0. The standard InChI is InChI=1S/C30H32N2O10/c1-17-11-13-22(14-12-17)24-15-26(31-32(24)23-9-7-6-8-10-23)42-30-29(40-21(5)36)28(39-20(4)35)27(38-19(3)34)25(41-30)16-37-18(2)33/h6-15,25,27-30H,16H2,1-5H3/t25-,27-,28+,29-,30+/m1/s1. The number of nitrogens with zero attached hydrogens (tertiary/aromatic N) is 2. The van der Waals surface area contributed by atoms with E-state index < -0.39 is 54.6 Å². The summed E-state index contributed by atoms with van der Waals surface area (Å²) in [7, 11) is 0. The molecule has 1 fully saturated rings. The number of hydrogen-bond donors (Lipinski definition) is 0. The van der Waals surface area contributed by atoms with Crippen LogP contribution in [0, 0.1) is 6.92 Å². The van der Waals surface area contributed by atoms with Crippen molar-refractivity contribution in [2.45, 2.75) is 65.3 Å². The maximum atomic E-state index is 12.2. The Labute approximate surface area is 242 Å². The highest BCUT2D eigenvalue weighted by atomic mass is 16.7. The predicted molar refractivity (Wildman–Crippen MR) is 146 cm³/mol. The van der Waals surface area contributed by atoms with Gasteiger partial charge in [0.2, 0.25) is 18.3 Å². The van der Waals surface area contributed by atoms with Crippen LogP contribution in [0.2, 0.25) is 0 Å². The van der Waals surface area contributed by atoms with Crippen molar-refractivity contribution >= 4 is 23.9 Å². The zero-order valence-electron chi connectivity index (χ0n) is 23.8. The van der Waals surface area contributed by atoms with E-state index in [2.05, 4.69) is 5.10 Å². The lowest BCUT2D eigenvalue weighted by molar-refractivity contribution is -0.289. The fourth-order valence-corrected chi connectivity index (χ4v) is 4.52. The Morgan fingerprint density at radius 2 is 1.38 bits per heavy atom. The van der Waals surface area contributed by atoms with Crippen LogP contribution < -0.4 is 4.74 Å². The molecule has 2 heterocycles. The van der Waals surface area contributed by atoms with Crippen LogP contribution in [0.5, 0.6) is 5.88 Å². The van der Waals surface area contributed by atoms with Gasteiger partial charge in [-0.1, -0.05) is 48.0 Å². The Kier molecular flexibility index (Phi) is 9.58. The first-order valence-electron chi connectivity index (χ1n) is 13.2. The van der Waals surface area contributed by atoms with E-state index in [1.807, 2.05) is 61.5 Å². The fraction of sp³-hybridized carbons (Fsp3) is 0.367. The number of para-hydroxylation sites is 1. The highest BCUT2D eigenvalue weighted by molar-refractivity contribution is 5.69. The quantitative estimate of drug-likeness (QED) is 0.272. The van der Waals surface area contributed by atoms with Crippen molar-refractivity contribution in [2.24, 2.45) is 0 Å². The third kappa shape index (κ3) is 7.52. The number of aromatic nitrogens is 2. The monoisotopic (exact) mass is 580 g/mol. The molecule has 0 radical (unpaired) electrons. The minimum Gasteiger partial charge on any atom is -0.463 e. The summed E-state index contributed by atoms with van der Waals surface area (Å²) in [5.74, 6) is -2.72. The van der Waals surface area contributed by atoms with Crippen molar-refractivity contribution in [3.8, 4) is 22.8 Å². The average Bonchev–Trinajstić information content (AvgIpc) is 3.35. The van der Waals surface area contributed by atoms with Crippen LogP contribution in [-0.2, 0) is 42.9 Å². The van der Waals surface area contributed by atoms with Crippen molar-refractivity contribution in [2.75, 3.05) is 6.61 Å². The van der Waals surface area contributed by atoms with E-state index in [-0.39, 0.29) is 12.5 Å². The summed E-state index contributed by atoms with van der Waals surface area (Å²) in [6, 6.07) is 18.9. The van der Waals surface area contributed by atoms with E-state index in [4.69, 9.17) is 28.4 Å². The Bertz CT molecular complexity index is 1420. The van der Waals surface area contributed by atoms with E-state index in [1.54, 1.807) is 10.7 Å². The second kappa shape index (κ2) is 13.3. The van der Waals surface area contributed by atoms with E-state index >= 15 is 0 Å². The predicted octanol–water partition coefficient (Wildman–Crippen LogP) is 3.31. The maximum Gasteiger partial charge on any atom is 0.303 e. The van der Waals surface area contributed by atoms with Gasteiger partial charge in [0.1, 0.15) is 12.7 Å². The molecule has 1 aromatic heterocycles. The molecule has 0 spiro atoms. The number of ether oxygens (including phenoxy) is 6. The third-order valence-corrected chi connectivity index (χ3v) is 6.22. The summed E-state index contributed by atoms with van der Waals surface area (Å²) in [4.78, 5) is 47.8. The van der Waals surface area contributed by atoms with Crippen molar-refractivity contribution in [3.05, 3.63) is 66.2 Å². The molecule has 0 bridgehead atoms. The first-order valence-corrected chi connectivity index (χ1v) is 13.2. The van der Waals surface area contributed by atoms with E-state index in [1.165, 1.54) is 6.92 Å². The van der Waals surface area contributed by atoms with Gasteiger partial charge in [0, 0.05) is 39.3 Å². The van der Waals surface area contributed by atoms with Gasteiger partial charge in [0.25, 0.3) is 0 Å². The molecule has 5 atom stereocenters. The van der Waals surface area contributed by atoms with Crippen LogP contribution in [0.1, 0.15) is 33.3 Å². The van der Waals surface area contributed by atoms with Crippen LogP contribution >= 0.6 is 0 Å². The van der Waals surface area contributed by atoms with Gasteiger partial charge in [0.05, 0.1) is 11.4 Å². The number of benzene rings is 2. The van der Waals surface area contributed by atoms with Gasteiger partial charge in [-0.2, -0.15) is 0 Å². The summed E-state index contributed by atoms with van der Waals surface area (Å²) in [5.41, 5.74) is 3.39. The fourth-order valence-electron chi connectivity index (χ4n) is 4.52. The summed E-state index contributed by atoms with van der Waals surface area (Å²) in [6.07, 6.45) is -6.58.